The quantitative estimate of drug-likeness (QED) is 0.241. The molecule has 5 heterocycles. The number of hydrogen-bond acceptors (Lipinski definition) is 10. The third kappa shape index (κ3) is 5.22. The zero-order valence-electron chi connectivity index (χ0n) is 23.7. The number of nitrogens with one attached hydrogen (secondary N) is 1. The van der Waals surface area contributed by atoms with Crippen molar-refractivity contribution in [1.82, 2.24) is 34.1 Å². The average molecular weight is 624 g/mol. The number of halogens is 2. The largest absolute Gasteiger partial charge is 0.495 e. The number of benzene rings is 1. The van der Waals surface area contributed by atoms with Crippen LogP contribution in [0.5, 0.6) is 11.5 Å². The number of aromatic nitrogens is 5. The number of oxazole rings is 1. The lowest BCUT2D eigenvalue weighted by Crippen LogP contribution is -2.47. The molecule has 1 aliphatic heterocycles. The van der Waals surface area contributed by atoms with Gasteiger partial charge in [0.05, 0.1) is 30.0 Å². The van der Waals surface area contributed by atoms with Gasteiger partial charge in [0.2, 0.25) is 17.7 Å². The number of ether oxygens (including phenoxy) is 2. The number of rotatable bonds is 8. The Kier molecular flexibility index (Phi) is 7.82. The standard InChI is InChI=1S/C29H28Cl2N8O4/c1-5-22(40)38-8-6-37(7-9-38)13-17-15-43-28(34-17)19-14-39-26-16(12-33-29(32-2)36-26)10-18(27(39)35-19)23-24(30)20(41-3)11-21(42-4)25(23)31/h5,10-12,14-15H,1,6-9,13H2,2-4H3,(H,32,33,36). The molecular formula is C29H28Cl2N8O4. The molecule has 1 aliphatic rings. The van der Waals surface area contributed by atoms with Crippen molar-refractivity contribution in [3.63, 3.8) is 0 Å². The van der Waals surface area contributed by atoms with Gasteiger partial charge in [-0.25, -0.2) is 15.0 Å². The van der Waals surface area contributed by atoms with Crippen LogP contribution in [0.15, 0.2) is 47.9 Å². The summed E-state index contributed by atoms with van der Waals surface area (Å²) in [7, 11) is 4.80. The molecule has 5 aromatic rings. The lowest BCUT2D eigenvalue weighted by molar-refractivity contribution is -0.127. The minimum atomic E-state index is -0.0517. The molecule has 1 amide bonds. The Balaban J connectivity index is 1.43. The van der Waals surface area contributed by atoms with Gasteiger partial charge in [0, 0.05) is 74.7 Å². The zero-order chi connectivity index (χ0) is 30.2. The van der Waals surface area contributed by atoms with Crippen LogP contribution in [0.3, 0.4) is 0 Å². The molecule has 1 aromatic carbocycles. The number of carbonyl (C=O) groups excluding carboxylic acids is 1. The summed E-state index contributed by atoms with van der Waals surface area (Å²) in [4.78, 5) is 34.6. The number of amides is 1. The highest BCUT2D eigenvalue weighted by Gasteiger charge is 2.25. The molecule has 14 heteroatoms. The second-order valence-corrected chi connectivity index (χ2v) is 10.6. The number of anilines is 1. The van der Waals surface area contributed by atoms with E-state index in [1.807, 2.05) is 16.7 Å². The first kappa shape index (κ1) is 28.7. The normalized spacial score (nSPS) is 13.9. The van der Waals surface area contributed by atoms with Gasteiger partial charge in [-0.15, -0.1) is 0 Å². The Morgan fingerprint density at radius 2 is 1.79 bits per heavy atom. The van der Waals surface area contributed by atoms with E-state index in [1.165, 1.54) is 20.3 Å². The van der Waals surface area contributed by atoms with Crippen molar-refractivity contribution in [3.05, 3.63) is 59.2 Å². The fourth-order valence-electron chi connectivity index (χ4n) is 5.14. The highest BCUT2D eigenvalue weighted by molar-refractivity contribution is 6.41. The van der Waals surface area contributed by atoms with Gasteiger partial charge in [0.25, 0.3) is 0 Å². The topological polar surface area (TPSA) is 123 Å². The molecule has 0 saturated carbocycles. The molecule has 0 spiro atoms. The SMILES string of the molecule is C=CC(=O)N1CCN(Cc2coc(-c3cn4c(n3)c(-c3c(Cl)c(OC)cc(OC)c3Cl)cc3cnc(NC)nc34)n2)CC1. The summed E-state index contributed by atoms with van der Waals surface area (Å²) >= 11 is 13.7. The van der Waals surface area contributed by atoms with E-state index >= 15 is 0 Å². The van der Waals surface area contributed by atoms with Crippen LogP contribution >= 0.6 is 23.2 Å². The first-order valence-electron chi connectivity index (χ1n) is 13.4. The summed E-state index contributed by atoms with van der Waals surface area (Å²) in [5.41, 5.74) is 3.48. The third-order valence-corrected chi connectivity index (χ3v) is 8.10. The fraction of sp³-hybridized carbons (Fsp3) is 0.276. The smallest absolute Gasteiger partial charge is 0.246 e. The molecule has 1 N–H and O–H groups in total. The Bertz CT molecular complexity index is 1830. The molecule has 1 fully saturated rings. The first-order valence-corrected chi connectivity index (χ1v) is 14.2. The molecule has 1 saturated heterocycles. The van der Waals surface area contributed by atoms with Crippen LogP contribution in [0, 0.1) is 0 Å². The van der Waals surface area contributed by atoms with E-state index in [-0.39, 0.29) is 5.91 Å². The van der Waals surface area contributed by atoms with E-state index in [9.17, 15) is 4.79 Å². The molecule has 0 aliphatic carbocycles. The number of hydrogen-bond donors (Lipinski definition) is 1. The van der Waals surface area contributed by atoms with Crippen molar-refractivity contribution in [3.8, 4) is 34.2 Å². The highest BCUT2D eigenvalue weighted by atomic mass is 35.5. The number of piperazine rings is 1. The van der Waals surface area contributed by atoms with E-state index in [1.54, 1.807) is 30.5 Å². The first-order chi connectivity index (χ1) is 20.8. The second kappa shape index (κ2) is 11.7. The molecule has 6 rings (SSSR count). The van der Waals surface area contributed by atoms with E-state index in [2.05, 4.69) is 26.8 Å². The van der Waals surface area contributed by atoms with Crippen molar-refractivity contribution >= 4 is 51.7 Å². The zero-order valence-corrected chi connectivity index (χ0v) is 25.2. The number of pyridine rings is 1. The van der Waals surface area contributed by atoms with Crippen molar-refractivity contribution in [1.29, 1.82) is 0 Å². The maximum Gasteiger partial charge on any atom is 0.246 e. The van der Waals surface area contributed by atoms with Gasteiger partial charge in [0.1, 0.15) is 29.1 Å². The van der Waals surface area contributed by atoms with Gasteiger partial charge in [-0.2, -0.15) is 4.98 Å². The lowest BCUT2D eigenvalue weighted by atomic mass is 10.0. The maximum absolute atomic E-state index is 11.9. The Morgan fingerprint density at radius 3 is 2.44 bits per heavy atom. The predicted octanol–water partition coefficient (Wildman–Crippen LogP) is 4.80. The molecule has 0 bridgehead atoms. The predicted molar refractivity (Wildman–Crippen MR) is 164 cm³/mol. The van der Waals surface area contributed by atoms with E-state index in [0.29, 0.717) is 81.1 Å². The number of methoxy groups -OCH3 is 2. The van der Waals surface area contributed by atoms with Crippen LogP contribution in [0.25, 0.3) is 39.4 Å². The molecule has 43 heavy (non-hydrogen) atoms. The Morgan fingerprint density at radius 1 is 1.07 bits per heavy atom. The molecule has 0 atom stereocenters. The van der Waals surface area contributed by atoms with Crippen molar-refractivity contribution in [2.75, 3.05) is 52.8 Å². The van der Waals surface area contributed by atoms with Gasteiger partial charge in [-0.05, 0) is 12.1 Å². The number of fused-ring (bicyclic) bond motifs is 3. The number of imidazole rings is 1. The van der Waals surface area contributed by atoms with Crippen LogP contribution in [-0.2, 0) is 11.3 Å². The van der Waals surface area contributed by atoms with E-state index in [4.69, 9.17) is 47.1 Å². The van der Waals surface area contributed by atoms with Gasteiger partial charge in [0.15, 0.2) is 5.65 Å². The summed E-state index contributed by atoms with van der Waals surface area (Å²) in [6, 6.07) is 3.52. The van der Waals surface area contributed by atoms with E-state index in [0.717, 1.165) is 24.2 Å². The number of nitrogens with zero attached hydrogens (tertiary/aromatic N) is 7. The molecule has 0 radical (unpaired) electrons. The van der Waals surface area contributed by atoms with Gasteiger partial charge in [-0.3, -0.25) is 14.1 Å². The van der Waals surface area contributed by atoms with Crippen LogP contribution in [0.4, 0.5) is 5.95 Å². The minimum Gasteiger partial charge on any atom is -0.495 e. The van der Waals surface area contributed by atoms with Gasteiger partial charge >= 0.3 is 0 Å². The minimum absolute atomic E-state index is 0.0517. The summed E-state index contributed by atoms with van der Waals surface area (Å²) in [6.07, 6.45) is 6.49. The summed E-state index contributed by atoms with van der Waals surface area (Å²) in [5, 5.41) is 4.31. The van der Waals surface area contributed by atoms with Crippen molar-refractivity contribution < 1.29 is 18.7 Å². The monoisotopic (exact) mass is 622 g/mol. The van der Waals surface area contributed by atoms with Crippen LogP contribution in [-0.4, -0.2) is 87.5 Å². The summed E-state index contributed by atoms with van der Waals surface area (Å²) < 4.78 is 18.8. The van der Waals surface area contributed by atoms with Gasteiger partial charge in [-0.1, -0.05) is 29.8 Å². The summed E-state index contributed by atoms with van der Waals surface area (Å²) in [5.74, 6) is 1.54. The van der Waals surface area contributed by atoms with Crippen LogP contribution in [0.1, 0.15) is 5.69 Å². The number of carbonyl (C=O) groups is 1. The Hall–Kier alpha value is -4.39. The molecule has 0 unspecified atom stereocenters. The highest BCUT2D eigenvalue weighted by Crippen LogP contribution is 2.47. The van der Waals surface area contributed by atoms with Crippen molar-refractivity contribution in [2.45, 2.75) is 6.54 Å². The Labute approximate surface area is 256 Å². The van der Waals surface area contributed by atoms with Gasteiger partial charge < -0.3 is 24.1 Å². The fourth-order valence-corrected chi connectivity index (χ4v) is 5.84. The molecular weight excluding hydrogens is 595 g/mol. The van der Waals surface area contributed by atoms with Crippen LogP contribution < -0.4 is 14.8 Å². The molecule has 222 valence electrons. The average Bonchev–Trinajstić information content (AvgIpc) is 3.69. The van der Waals surface area contributed by atoms with Crippen molar-refractivity contribution in [2.24, 2.45) is 0 Å². The third-order valence-electron chi connectivity index (χ3n) is 7.35. The molecule has 12 nitrogen and oxygen atoms in total. The second-order valence-electron chi connectivity index (χ2n) is 9.83. The molecule has 4 aromatic heterocycles. The maximum atomic E-state index is 11.9. The van der Waals surface area contributed by atoms with E-state index < -0.39 is 0 Å². The lowest BCUT2D eigenvalue weighted by Gasteiger charge is -2.33. The summed E-state index contributed by atoms with van der Waals surface area (Å²) in [6.45, 7) is 6.87. The van der Waals surface area contributed by atoms with Crippen LogP contribution in [0.2, 0.25) is 10.0 Å².